The average molecular weight is 591 g/mol. The second-order valence-corrected chi connectivity index (χ2v) is 11.4. The van der Waals surface area contributed by atoms with Crippen molar-refractivity contribution in [2.75, 3.05) is 32.7 Å². The summed E-state index contributed by atoms with van der Waals surface area (Å²) in [5.74, 6) is 0.696. The maximum atomic E-state index is 12.4. The van der Waals surface area contributed by atoms with Gasteiger partial charge in [-0.3, -0.25) is 0 Å². The minimum absolute atomic E-state index is 0.212. The first-order valence-corrected chi connectivity index (χ1v) is 15.3. The monoisotopic (exact) mass is 590 g/mol. The SMILES string of the molecule is COCCCNc1nc2cccc(-c3nc4cc(C(=O)OC)ccc4n3CCC(c3ccccc3)c3ccccc3)c2s1. The predicted molar refractivity (Wildman–Crippen MR) is 174 cm³/mol. The number of aryl methyl sites for hydroxylation is 1. The van der Waals surface area contributed by atoms with Gasteiger partial charge in [-0.1, -0.05) is 78.1 Å². The number of hydrogen-bond acceptors (Lipinski definition) is 7. The number of hydrogen-bond donors (Lipinski definition) is 1. The Bertz CT molecular complexity index is 1790. The van der Waals surface area contributed by atoms with Gasteiger partial charge in [-0.15, -0.1) is 0 Å². The van der Waals surface area contributed by atoms with E-state index in [4.69, 9.17) is 19.4 Å². The number of methoxy groups -OCH3 is 2. The van der Waals surface area contributed by atoms with Gasteiger partial charge in [0.1, 0.15) is 5.82 Å². The summed E-state index contributed by atoms with van der Waals surface area (Å²) in [4.78, 5) is 22.4. The molecule has 0 bridgehead atoms. The van der Waals surface area contributed by atoms with E-state index in [1.54, 1.807) is 18.4 Å². The van der Waals surface area contributed by atoms with Gasteiger partial charge >= 0.3 is 5.97 Å². The minimum Gasteiger partial charge on any atom is -0.465 e. The fourth-order valence-electron chi connectivity index (χ4n) is 5.57. The first-order chi connectivity index (χ1) is 21.2. The summed E-state index contributed by atoms with van der Waals surface area (Å²) in [6, 6.07) is 33.1. The molecule has 0 amide bonds. The highest BCUT2D eigenvalue weighted by Crippen LogP contribution is 2.37. The van der Waals surface area contributed by atoms with Crippen LogP contribution in [0.1, 0.15) is 40.2 Å². The van der Waals surface area contributed by atoms with Crippen LogP contribution in [0.3, 0.4) is 0 Å². The third kappa shape index (κ3) is 6.16. The van der Waals surface area contributed by atoms with E-state index in [0.717, 1.165) is 63.7 Å². The lowest BCUT2D eigenvalue weighted by Crippen LogP contribution is -2.08. The molecule has 218 valence electrons. The highest BCUT2D eigenvalue weighted by atomic mass is 32.1. The molecule has 2 aromatic heterocycles. The number of imidazole rings is 1. The number of fused-ring (bicyclic) bond motifs is 2. The molecule has 7 nitrogen and oxygen atoms in total. The fraction of sp³-hybridized carbons (Fsp3) is 0.229. The van der Waals surface area contributed by atoms with Gasteiger partial charge < -0.3 is 19.4 Å². The third-order valence-corrected chi connectivity index (χ3v) is 8.73. The van der Waals surface area contributed by atoms with E-state index in [1.807, 2.05) is 30.3 Å². The van der Waals surface area contributed by atoms with E-state index in [2.05, 4.69) is 76.6 Å². The van der Waals surface area contributed by atoms with Crippen molar-refractivity contribution in [2.45, 2.75) is 25.3 Å². The van der Waals surface area contributed by atoms with Gasteiger partial charge in [-0.05, 0) is 54.3 Å². The molecule has 0 aliphatic rings. The number of nitrogens with zero attached hydrogens (tertiary/aromatic N) is 3. The quantitative estimate of drug-likeness (QED) is 0.116. The second-order valence-electron chi connectivity index (χ2n) is 10.4. The zero-order chi connectivity index (χ0) is 29.6. The number of benzene rings is 4. The fourth-order valence-corrected chi connectivity index (χ4v) is 6.57. The summed E-state index contributed by atoms with van der Waals surface area (Å²) in [5, 5.41) is 4.32. The molecule has 6 rings (SSSR count). The van der Waals surface area contributed by atoms with E-state index < -0.39 is 0 Å². The molecule has 0 radical (unpaired) electrons. The first-order valence-electron chi connectivity index (χ1n) is 14.5. The predicted octanol–water partition coefficient (Wildman–Crippen LogP) is 7.77. The highest BCUT2D eigenvalue weighted by molar-refractivity contribution is 7.22. The maximum Gasteiger partial charge on any atom is 0.337 e. The van der Waals surface area contributed by atoms with Crippen molar-refractivity contribution in [1.29, 1.82) is 0 Å². The van der Waals surface area contributed by atoms with Crippen molar-refractivity contribution >= 4 is 43.7 Å². The number of aromatic nitrogens is 3. The van der Waals surface area contributed by atoms with Crippen molar-refractivity contribution in [3.05, 3.63) is 114 Å². The van der Waals surface area contributed by atoms with Crippen molar-refractivity contribution in [3.63, 3.8) is 0 Å². The van der Waals surface area contributed by atoms with E-state index in [1.165, 1.54) is 18.2 Å². The van der Waals surface area contributed by atoms with Crippen LogP contribution in [-0.2, 0) is 16.0 Å². The van der Waals surface area contributed by atoms with Crippen LogP contribution in [0.25, 0.3) is 32.6 Å². The van der Waals surface area contributed by atoms with Crippen LogP contribution in [0.4, 0.5) is 5.13 Å². The van der Waals surface area contributed by atoms with Crippen molar-refractivity contribution in [3.8, 4) is 11.4 Å². The Morgan fingerprint density at radius 1 is 0.884 bits per heavy atom. The zero-order valence-corrected chi connectivity index (χ0v) is 25.1. The molecule has 0 unspecified atom stereocenters. The van der Waals surface area contributed by atoms with E-state index in [0.29, 0.717) is 12.2 Å². The standard InChI is InChI=1S/C35H34N4O3S/c1-41-22-10-20-36-35-38-29-16-9-15-28(32(29)43-35)33-37-30-23-26(34(40)42-2)17-18-31(30)39(33)21-19-27(24-11-5-3-6-12-24)25-13-7-4-8-14-25/h3-9,11-18,23,27H,10,19-22H2,1-2H3,(H,36,38). The first kappa shape index (κ1) is 28.6. The van der Waals surface area contributed by atoms with Crippen LogP contribution in [0, 0.1) is 0 Å². The summed E-state index contributed by atoms with van der Waals surface area (Å²) in [5.41, 5.74) is 6.72. The number of carbonyl (C=O) groups excluding carboxylic acids is 1. The summed E-state index contributed by atoms with van der Waals surface area (Å²) in [7, 11) is 3.11. The summed E-state index contributed by atoms with van der Waals surface area (Å²) >= 11 is 1.63. The lowest BCUT2D eigenvalue weighted by Gasteiger charge is -2.20. The van der Waals surface area contributed by atoms with Crippen molar-refractivity contribution in [1.82, 2.24) is 14.5 Å². The number of thiazole rings is 1. The molecule has 2 heterocycles. The van der Waals surface area contributed by atoms with Crippen LogP contribution in [0.5, 0.6) is 0 Å². The lowest BCUT2D eigenvalue weighted by atomic mass is 9.88. The molecule has 0 aliphatic carbocycles. The Hall–Kier alpha value is -4.53. The van der Waals surface area contributed by atoms with Crippen LogP contribution in [0.2, 0.25) is 0 Å². The number of ether oxygens (including phenoxy) is 2. The van der Waals surface area contributed by atoms with Gasteiger partial charge in [0, 0.05) is 38.3 Å². The van der Waals surface area contributed by atoms with Crippen LogP contribution < -0.4 is 5.32 Å². The van der Waals surface area contributed by atoms with Gasteiger partial charge in [0.2, 0.25) is 0 Å². The number of carbonyl (C=O) groups is 1. The lowest BCUT2D eigenvalue weighted by molar-refractivity contribution is 0.0601. The maximum absolute atomic E-state index is 12.4. The Balaban J connectivity index is 1.43. The molecule has 4 aromatic carbocycles. The van der Waals surface area contributed by atoms with E-state index in [-0.39, 0.29) is 11.9 Å². The van der Waals surface area contributed by atoms with Gasteiger partial charge in [0.15, 0.2) is 5.13 Å². The normalized spacial score (nSPS) is 11.4. The molecule has 43 heavy (non-hydrogen) atoms. The Kier molecular flexibility index (Phi) is 8.77. The largest absolute Gasteiger partial charge is 0.465 e. The Morgan fingerprint density at radius 2 is 1.63 bits per heavy atom. The van der Waals surface area contributed by atoms with Gasteiger partial charge in [0.05, 0.1) is 33.9 Å². The molecule has 1 N–H and O–H groups in total. The molecule has 0 fully saturated rings. The molecule has 6 aromatic rings. The van der Waals surface area contributed by atoms with E-state index >= 15 is 0 Å². The summed E-state index contributed by atoms with van der Waals surface area (Å²) in [6.45, 7) is 2.22. The summed E-state index contributed by atoms with van der Waals surface area (Å²) < 4.78 is 13.5. The summed E-state index contributed by atoms with van der Waals surface area (Å²) in [6.07, 6.45) is 1.78. The molecule has 0 aliphatic heterocycles. The van der Waals surface area contributed by atoms with Gasteiger partial charge in [-0.2, -0.15) is 0 Å². The molecule has 0 spiro atoms. The molecular formula is C35H34N4O3S. The molecule has 0 saturated carbocycles. The number of anilines is 1. The number of rotatable bonds is 12. The van der Waals surface area contributed by atoms with Crippen molar-refractivity contribution < 1.29 is 14.3 Å². The van der Waals surface area contributed by atoms with Crippen LogP contribution >= 0.6 is 11.3 Å². The van der Waals surface area contributed by atoms with Gasteiger partial charge in [0.25, 0.3) is 0 Å². The topological polar surface area (TPSA) is 78.3 Å². The Labute approximate surface area is 255 Å². The van der Waals surface area contributed by atoms with Crippen molar-refractivity contribution in [2.24, 2.45) is 0 Å². The third-order valence-electron chi connectivity index (χ3n) is 7.67. The number of nitrogens with one attached hydrogen (secondary N) is 1. The smallest absolute Gasteiger partial charge is 0.337 e. The van der Waals surface area contributed by atoms with Crippen LogP contribution in [-0.4, -0.2) is 47.9 Å². The van der Waals surface area contributed by atoms with Gasteiger partial charge in [-0.25, -0.2) is 14.8 Å². The molecular weight excluding hydrogens is 556 g/mol. The minimum atomic E-state index is -0.375. The van der Waals surface area contributed by atoms with Crippen LogP contribution in [0.15, 0.2) is 97.1 Å². The second kappa shape index (κ2) is 13.2. The zero-order valence-electron chi connectivity index (χ0n) is 24.3. The Morgan fingerprint density at radius 3 is 2.33 bits per heavy atom. The molecule has 0 atom stereocenters. The molecule has 0 saturated heterocycles. The average Bonchev–Trinajstić information content (AvgIpc) is 3.64. The number of esters is 1. The van der Waals surface area contributed by atoms with E-state index in [9.17, 15) is 4.79 Å². The molecule has 8 heteroatoms. The highest BCUT2D eigenvalue weighted by Gasteiger charge is 2.21.